The number of carbonyl (C=O) groups is 1. The second kappa shape index (κ2) is 5.19. The molecule has 0 saturated carbocycles. The third-order valence-electron chi connectivity index (χ3n) is 2.97. The van der Waals surface area contributed by atoms with Crippen LogP contribution in [-0.2, 0) is 4.79 Å². The van der Waals surface area contributed by atoms with Gasteiger partial charge in [0.25, 0.3) is 0 Å². The Labute approximate surface area is 101 Å². The lowest BCUT2D eigenvalue weighted by Crippen LogP contribution is -2.36. The molecule has 3 N–H and O–H groups in total. The fourth-order valence-electron chi connectivity index (χ4n) is 2.11. The highest BCUT2D eigenvalue weighted by Gasteiger charge is 2.25. The minimum atomic E-state index is -0.504. The molecule has 0 spiro atoms. The number of hydrogen-bond acceptors (Lipinski definition) is 3. The van der Waals surface area contributed by atoms with Gasteiger partial charge in [0.15, 0.2) is 0 Å². The summed E-state index contributed by atoms with van der Waals surface area (Å²) in [6.07, 6.45) is 0.291. The zero-order chi connectivity index (χ0) is 12.3. The van der Waals surface area contributed by atoms with E-state index in [2.05, 4.69) is 10.6 Å². The molecule has 0 bridgehead atoms. The van der Waals surface area contributed by atoms with E-state index in [4.69, 9.17) is 5.11 Å². The number of fused-ring (bicyclic) bond motifs is 1. The smallest absolute Gasteiger partial charge is 0.227 e. The van der Waals surface area contributed by atoms with Gasteiger partial charge in [0.2, 0.25) is 5.91 Å². The lowest BCUT2D eigenvalue weighted by molar-refractivity contribution is -0.123. The van der Waals surface area contributed by atoms with E-state index < -0.39 is 6.10 Å². The van der Waals surface area contributed by atoms with Gasteiger partial charge in [0, 0.05) is 18.8 Å². The van der Waals surface area contributed by atoms with Crippen molar-refractivity contribution in [3.05, 3.63) is 29.8 Å². The Morgan fingerprint density at radius 3 is 3.12 bits per heavy atom. The van der Waals surface area contributed by atoms with Crippen LogP contribution in [0.25, 0.3) is 0 Å². The van der Waals surface area contributed by atoms with Gasteiger partial charge in [-0.15, -0.1) is 0 Å². The summed E-state index contributed by atoms with van der Waals surface area (Å²) in [6, 6.07) is 7.88. The van der Waals surface area contributed by atoms with Crippen molar-refractivity contribution in [1.29, 1.82) is 0 Å². The molecule has 2 rings (SSSR count). The predicted molar refractivity (Wildman–Crippen MR) is 67.0 cm³/mol. The molecule has 17 heavy (non-hydrogen) atoms. The first-order chi connectivity index (χ1) is 8.18. The standard InChI is InChI=1S/C13H18N2O2/c1-9(16)8-15-13(17)11-6-7-14-12-5-3-2-4-10(11)12/h2-5,9,11,14,16H,6-8H2,1H3,(H,15,17)/t9-,11?/m0/s1. The van der Waals surface area contributed by atoms with E-state index in [9.17, 15) is 4.79 Å². The molecule has 1 aromatic rings. The highest BCUT2D eigenvalue weighted by atomic mass is 16.3. The van der Waals surface area contributed by atoms with Crippen LogP contribution in [0.4, 0.5) is 5.69 Å². The average molecular weight is 234 g/mol. The number of rotatable bonds is 3. The molecule has 1 aliphatic heterocycles. The molecule has 4 nitrogen and oxygen atoms in total. The lowest BCUT2D eigenvalue weighted by atomic mass is 9.90. The summed E-state index contributed by atoms with van der Waals surface area (Å²) in [4.78, 5) is 12.0. The Hall–Kier alpha value is -1.55. The topological polar surface area (TPSA) is 61.4 Å². The van der Waals surface area contributed by atoms with Gasteiger partial charge in [-0.25, -0.2) is 0 Å². The van der Waals surface area contributed by atoms with Gasteiger partial charge >= 0.3 is 0 Å². The van der Waals surface area contributed by atoms with Crippen molar-refractivity contribution in [2.45, 2.75) is 25.4 Å². The summed E-state index contributed by atoms with van der Waals surface area (Å²) in [6.45, 7) is 2.78. The summed E-state index contributed by atoms with van der Waals surface area (Å²) in [5.41, 5.74) is 2.08. The van der Waals surface area contributed by atoms with Crippen LogP contribution < -0.4 is 10.6 Å². The highest BCUT2D eigenvalue weighted by Crippen LogP contribution is 2.31. The van der Waals surface area contributed by atoms with E-state index in [0.29, 0.717) is 6.54 Å². The fraction of sp³-hybridized carbons (Fsp3) is 0.462. The fourth-order valence-corrected chi connectivity index (χ4v) is 2.11. The Balaban J connectivity index is 2.10. The molecule has 2 atom stereocenters. The minimum Gasteiger partial charge on any atom is -0.392 e. The van der Waals surface area contributed by atoms with Crippen LogP contribution in [-0.4, -0.2) is 30.2 Å². The van der Waals surface area contributed by atoms with Crippen molar-refractivity contribution < 1.29 is 9.90 Å². The summed E-state index contributed by atoms with van der Waals surface area (Å²) in [5, 5.41) is 15.2. The van der Waals surface area contributed by atoms with Crippen LogP contribution in [0.2, 0.25) is 0 Å². The zero-order valence-electron chi connectivity index (χ0n) is 9.94. The average Bonchev–Trinajstić information content (AvgIpc) is 2.35. The van der Waals surface area contributed by atoms with Crippen LogP contribution in [0.5, 0.6) is 0 Å². The van der Waals surface area contributed by atoms with E-state index in [1.807, 2.05) is 24.3 Å². The van der Waals surface area contributed by atoms with Crippen LogP contribution in [0.1, 0.15) is 24.8 Å². The Kier molecular flexibility index (Phi) is 3.64. The second-order valence-corrected chi connectivity index (χ2v) is 4.45. The van der Waals surface area contributed by atoms with Crippen molar-refractivity contribution in [3.8, 4) is 0 Å². The van der Waals surface area contributed by atoms with E-state index in [-0.39, 0.29) is 11.8 Å². The van der Waals surface area contributed by atoms with Crippen molar-refractivity contribution in [2.24, 2.45) is 0 Å². The number of hydrogen-bond donors (Lipinski definition) is 3. The molecule has 4 heteroatoms. The number of aliphatic hydroxyl groups is 1. The summed E-state index contributed by atoms with van der Waals surface area (Å²) in [7, 11) is 0. The third-order valence-corrected chi connectivity index (χ3v) is 2.97. The van der Waals surface area contributed by atoms with Gasteiger partial charge in [-0.2, -0.15) is 0 Å². The number of nitrogens with one attached hydrogen (secondary N) is 2. The molecule has 1 unspecified atom stereocenters. The molecule has 0 fully saturated rings. The van der Waals surface area contributed by atoms with Crippen LogP contribution in [0.15, 0.2) is 24.3 Å². The summed E-state index contributed by atoms with van der Waals surface area (Å²) in [5.74, 6) is -0.106. The molecule has 1 aliphatic rings. The number of para-hydroxylation sites is 1. The first-order valence-electron chi connectivity index (χ1n) is 5.97. The summed E-state index contributed by atoms with van der Waals surface area (Å²) >= 11 is 0. The Bertz CT molecular complexity index is 404. The van der Waals surface area contributed by atoms with Gasteiger partial charge in [-0.3, -0.25) is 4.79 Å². The molecular weight excluding hydrogens is 216 g/mol. The van der Waals surface area contributed by atoms with Crippen molar-refractivity contribution in [1.82, 2.24) is 5.32 Å². The number of amides is 1. The number of carbonyl (C=O) groups excluding carboxylic acids is 1. The van der Waals surface area contributed by atoms with E-state index in [0.717, 1.165) is 24.2 Å². The maximum atomic E-state index is 12.0. The molecule has 0 aromatic heterocycles. The highest BCUT2D eigenvalue weighted by molar-refractivity contribution is 5.86. The second-order valence-electron chi connectivity index (χ2n) is 4.45. The first kappa shape index (κ1) is 11.9. The molecule has 1 amide bonds. The largest absolute Gasteiger partial charge is 0.392 e. The molecule has 1 heterocycles. The molecular formula is C13H18N2O2. The molecule has 0 aliphatic carbocycles. The van der Waals surface area contributed by atoms with Gasteiger partial charge < -0.3 is 15.7 Å². The van der Waals surface area contributed by atoms with Crippen LogP contribution in [0.3, 0.4) is 0 Å². The maximum absolute atomic E-state index is 12.0. The quantitative estimate of drug-likeness (QED) is 0.733. The van der Waals surface area contributed by atoms with Gasteiger partial charge in [0.05, 0.1) is 12.0 Å². The van der Waals surface area contributed by atoms with E-state index in [1.165, 1.54) is 0 Å². The predicted octanol–water partition coefficient (Wildman–Crippen LogP) is 1.08. The maximum Gasteiger partial charge on any atom is 0.227 e. The Morgan fingerprint density at radius 1 is 1.59 bits per heavy atom. The molecule has 0 radical (unpaired) electrons. The van der Waals surface area contributed by atoms with E-state index >= 15 is 0 Å². The van der Waals surface area contributed by atoms with E-state index in [1.54, 1.807) is 6.92 Å². The number of aliphatic hydroxyl groups excluding tert-OH is 1. The number of benzene rings is 1. The van der Waals surface area contributed by atoms with Crippen molar-refractivity contribution >= 4 is 11.6 Å². The normalized spacial score (nSPS) is 20.0. The van der Waals surface area contributed by atoms with Gasteiger partial charge in [-0.1, -0.05) is 18.2 Å². The number of anilines is 1. The van der Waals surface area contributed by atoms with Crippen LogP contribution in [0, 0.1) is 0 Å². The van der Waals surface area contributed by atoms with Gasteiger partial charge in [-0.05, 0) is 25.0 Å². The van der Waals surface area contributed by atoms with Crippen molar-refractivity contribution in [2.75, 3.05) is 18.4 Å². The lowest BCUT2D eigenvalue weighted by Gasteiger charge is -2.26. The molecule has 0 saturated heterocycles. The van der Waals surface area contributed by atoms with Gasteiger partial charge in [0.1, 0.15) is 0 Å². The summed E-state index contributed by atoms with van der Waals surface area (Å²) < 4.78 is 0. The minimum absolute atomic E-state index is 0.000139. The van der Waals surface area contributed by atoms with Crippen molar-refractivity contribution in [3.63, 3.8) is 0 Å². The SMILES string of the molecule is C[C@H](O)CNC(=O)C1CCNc2ccccc21. The Morgan fingerprint density at radius 2 is 2.35 bits per heavy atom. The first-order valence-corrected chi connectivity index (χ1v) is 5.97. The molecule has 92 valence electrons. The third kappa shape index (κ3) is 2.77. The molecule has 1 aromatic carbocycles. The zero-order valence-corrected chi connectivity index (χ0v) is 9.94. The van der Waals surface area contributed by atoms with Crippen LogP contribution >= 0.6 is 0 Å². The monoisotopic (exact) mass is 234 g/mol.